The van der Waals surface area contributed by atoms with Gasteiger partial charge in [0.15, 0.2) is 0 Å². The summed E-state index contributed by atoms with van der Waals surface area (Å²) < 4.78 is 27.8. The van der Waals surface area contributed by atoms with Crippen LogP contribution >= 0.6 is 11.3 Å². The van der Waals surface area contributed by atoms with Crippen LogP contribution in [0.15, 0.2) is 16.3 Å². The average molecular weight is 374 g/mol. The summed E-state index contributed by atoms with van der Waals surface area (Å²) in [5, 5.41) is 11.7. The monoisotopic (exact) mass is 374 g/mol. The van der Waals surface area contributed by atoms with Crippen molar-refractivity contribution < 1.29 is 23.1 Å². The highest BCUT2D eigenvalue weighted by Gasteiger charge is 2.29. The molecule has 0 unspecified atom stereocenters. The van der Waals surface area contributed by atoms with E-state index in [1.54, 1.807) is 12.1 Å². The Bertz CT molecular complexity index is 690. The molecule has 24 heavy (non-hydrogen) atoms. The van der Waals surface area contributed by atoms with E-state index < -0.39 is 16.0 Å². The molecule has 1 aliphatic carbocycles. The largest absolute Gasteiger partial charge is 0.481 e. The van der Waals surface area contributed by atoms with Crippen LogP contribution in [0.5, 0.6) is 0 Å². The van der Waals surface area contributed by atoms with E-state index in [0.29, 0.717) is 38.6 Å². The van der Waals surface area contributed by atoms with Gasteiger partial charge in [0, 0.05) is 24.4 Å². The summed E-state index contributed by atoms with van der Waals surface area (Å²) in [6, 6.07) is 3.11. The summed E-state index contributed by atoms with van der Waals surface area (Å²) in [6.45, 7) is 1.91. The number of carbonyl (C=O) groups excluding carboxylic acids is 1. The topological polar surface area (TPSA) is 113 Å². The number of carboxylic acid groups (broad SMARTS) is 1. The van der Waals surface area contributed by atoms with Gasteiger partial charge >= 0.3 is 5.97 Å². The van der Waals surface area contributed by atoms with Crippen LogP contribution in [0.3, 0.4) is 0 Å². The predicted molar refractivity (Wildman–Crippen MR) is 90.4 cm³/mol. The number of sulfonamides is 1. The normalized spacial score (nSPS) is 21.4. The fourth-order valence-electron chi connectivity index (χ4n) is 2.73. The van der Waals surface area contributed by atoms with E-state index in [0.717, 1.165) is 4.88 Å². The average Bonchev–Trinajstić information content (AvgIpc) is 2.97. The lowest BCUT2D eigenvalue weighted by atomic mass is 9.87. The van der Waals surface area contributed by atoms with Crippen molar-refractivity contribution in [2.75, 3.05) is 6.54 Å². The van der Waals surface area contributed by atoms with Gasteiger partial charge in [-0.2, -0.15) is 0 Å². The first-order valence-corrected chi connectivity index (χ1v) is 10.2. The maximum absolute atomic E-state index is 12.4. The molecule has 1 aliphatic rings. The number of thiophene rings is 1. The molecule has 1 amide bonds. The summed E-state index contributed by atoms with van der Waals surface area (Å²) in [5.41, 5.74) is 0. The molecule has 1 aromatic heterocycles. The van der Waals surface area contributed by atoms with Crippen molar-refractivity contribution in [1.82, 2.24) is 10.0 Å². The van der Waals surface area contributed by atoms with Crippen molar-refractivity contribution in [3.63, 3.8) is 0 Å². The number of nitrogens with one attached hydrogen (secondary N) is 2. The lowest BCUT2D eigenvalue weighted by Crippen LogP contribution is -2.38. The molecule has 134 valence electrons. The van der Waals surface area contributed by atoms with Gasteiger partial charge < -0.3 is 10.4 Å². The summed E-state index contributed by atoms with van der Waals surface area (Å²) in [4.78, 5) is 22.7. The zero-order valence-electron chi connectivity index (χ0n) is 13.4. The minimum Gasteiger partial charge on any atom is -0.481 e. The van der Waals surface area contributed by atoms with E-state index >= 15 is 0 Å². The molecule has 0 aromatic carbocycles. The van der Waals surface area contributed by atoms with Crippen LogP contribution in [0.4, 0.5) is 0 Å². The zero-order chi connectivity index (χ0) is 17.7. The second-order valence-electron chi connectivity index (χ2n) is 5.96. The third kappa shape index (κ3) is 5.29. The Balaban J connectivity index is 1.90. The Morgan fingerprint density at radius 3 is 2.50 bits per heavy atom. The maximum Gasteiger partial charge on any atom is 0.306 e. The lowest BCUT2D eigenvalue weighted by molar-refractivity contribution is -0.142. The first-order chi connectivity index (χ1) is 11.3. The molecule has 1 saturated carbocycles. The molecule has 7 nitrogen and oxygen atoms in total. The van der Waals surface area contributed by atoms with E-state index in [9.17, 15) is 18.0 Å². The van der Waals surface area contributed by atoms with E-state index in [1.807, 2.05) is 0 Å². The van der Waals surface area contributed by atoms with Crippen molar-refractivity contribution in [3.8, 4) is 0 Å². The summed E-state index contributed by atoms with van der Waals surface area (Å²) in [7, 11) is -3.58. The third-order valence-corrected chi connectivity index (χ3v) is 7.20. The molecule has 9 heteroatoms. The van der Waals surface area contributed by atoms with Gasteiger partial charge in [0.05, 0.1) is 5.92 Å². The Hall–Kier alpha value is -1.45. The van der Waals surface area contributed by atoms with Crippen molar-refractivity contribution in [1.29, 1.82) is 0 Å². The SMILES string of the molecule is CC(=O)NCCc1ccc(S(=O)(=O)NC2CCC(C(=O)O)CC2)s1. The zero-order valence-corrected chi connectivity index (χ0v) is 15.1. The first kappa shape index (κ1) is 18.9. The summed E-state index contributed by atoms with van der Waals surface area (Å²) in [5.74, 6) is -1.29. The molecule has 0 radical (unpaired) electrons. The molecule has 1 heterocycles. The van der Waals surface area contributed by atoms with E-state index in [2.05, 4.69) is 10.0 Å². The first-order valence-electron chi connectivity index (χ1n) is 7.86. The minimum atomic E-state index is -3.58. The second kappa shape index (κ2) is 8.09. The Morgan fingerprint density at radius 1 is 1.25 bits per heavy atom. The predicted octanol–water partition coefficient (Wildman–Crippen LogP) is 1.35. The van der Waals surface area contributed by atoms with Crippen molar-refractivity contribution in [2.45, 2.75) is 49.3 Å². The van der Waals surface area contributed by atoms with Crippen LogP contribution in [0, 0.1) is 5.92 Å². The molecule has 1 fully saturated rings. The number of hydrogen-bond acceptors (Lipinski definition) is 5. The van der Waals surface area contributed by atoms with Gasteiger partial charge in [0.2, 0.25) is 15.9 Å². The van der Waals surface area contributed by atoms with Gasteiger partial charge in [0.1, 0.15) is 4.21 Å². The molecule has 0 bridgehead atoms. The van der Waals surface area contributed by atoms with Gasteiger partial charge in [-0.05, 0) is 44.2 Å². The number of aliphatic carboxylic acids is 1. The van der Waals surface area contributed by atoms with E-state index in [4.69, 9.17) is 5.11 Å². The number of amides is 1. The quantitative estimate of drug-likeness (QED) is 0.667. The van der Waals surface area contributed by atoms with Gasteiger partial charge in [-0.1, -0.05) is 0 Å². The fourth-order valence-corrected chi connectivity index (χ4v) is 5.41. The Kier molecular flexibility index (Phi) is 6.36. The smallest absolute Gasteiger partial charge is 0.306 e. The lowest BCUT2D eigenvalue weighted by Gasteiger charge is -2.26. The molecule has 2 rings (SSSR count). The third-order valence-electron chi connectivity index (χ3n) is 4.05. The number of carbonyl (C=O) groups is 2. The maximum atomic E-state index is 12.4. The van der Waals surface area contributed by atoms with Gasteiger partial charge in [-0.25, -0.2) is 13.1 Å². The molecular weight excluding hydrogens is 352 g/mol. The molecule has 1 aromatic rings. The second-order valence-corrected chi connectivity index (χ2v) is 9.07. The molecule has 0 atom stereocenters. The van der Waals surface area contributed by atoms with Crippen molar-refractivity contribution >= 4 is 33.2 Å². The van der Waals surface area contributed by atoms with Gasteiger partial charge in [-0.15, -0.1) is 11.3 Å². The number of rotatable bonds is 7. The van der Waals surface area contributed by atoms with Crippen molar-refractivity contribution in [3.05, 3.63) is 17.0 Å². The number of hydrogen-bond donors (Lipinski definition) is 3. The highest BCUT2D eigenvalue weighted by molar-refractivity contribution is 7.91. The molecular formula is C15H22N2O5S2. The summed E-state index contributed by atoms with van der Waals surface area (Å²) >= 11 is 1.19. The fraction of sp³-hybridized carbons (Fsp3) is 0.600. The highest BCUT2D eigenvalue weighted by atomic mass is 32.2. The van der Waals surface area contributed by atoms with Crippen LogP contribution in [0.25, 0.3) is 0 Å². The Morgan fingerprint density at radius 2 is 1.92 bits per heavy atom. The van der Waals surface area contributed by atoms with Crippen LogP contribution < -0.4 is 10.0 Å². The van der Waals surface area contributed by atoms with Gasteiger partial charge in [0.25, 0.3) is 0 Å². The van der Waals surface area contributed by atoms with E-state index in [-0.39, 0.29) is 22.1 Å². The highest BCUT2D eigenvalue weighted by Crippen LogP contribution is 2.27. The standard InChI is InChI=1S/C15H22N2O5S2/c1-10(18)16-9-8-13-6-7-14(23-13)24(21,22)17-12-4-2-11(3-5-12)15(19)20/h6-7,11-12,17H,2-5,8-9H2,1H3,(H,16,18)(H,19,20). The Labute approximate surface area is 145 Å². The molecule has 0 spiro atoms. The van der Waals surface area contributed by atoms with Crippen LogP contribution in [0.2, 0.25) is 0 Å². The van der Waals surface area contributed by atoms with Crippen molar-refractivity contribution in [2.24, 2.45) is 5.92 Å². The number of carboxylic acids is 1. The van der Waals surface area contributed by atoms with Crippen LogP contribution in [-0.4, -0.2) is 38.0 Å². The van der Waals surface area contributed by atoms with Crippen LogP contribution in [0.1, 0.15) is 37.5 Å². The minimum absolute atomic E-state index is 0.113. The molecule has 3 N–H and O–H groups in total. The van der Waals surface area contributed by atoms with E-state index in [1.165, 1.54) is 18.3 Å². The summed E-state index contributed by atoms with van der Waals surface area (Å²) in [6.07, 6.45) is 2.65. The van der Waals surface area contributed by atoms with Crippen LogP contribution in [-0.2, 0) is 26.0 Å². The molecule has 0 saturated heterocycles. The molecule has 0 aliphatic heterocycles. The van der Waals surface area contributed by atoms with Gasteiger partial charge in [-0.3, -0.25) is 9.59 Å².